The van der Waals surface area contributed by atoms with Gasteiger partial charge in [-0.2, -0.15) is 13.2 Å². The Bertz CT molecular complexity index is 425. The summed E-state index contributed by atoms with van der Waals surface area (Å²) >= 11 is 0. The molecular weight excluding hydrogens is 229 g/mol. The third-order valence-electron chi connectivity index (χ3n) is 1.57. The highest BCUT2D eigenvalue weighted by molar-refractivity contribution is 6.29. The number of carbonyl (C=O) groups excluding carboxylic acids is 1. The van der Waals surface area contributed by atoms with Crippen LogP contribution >= 0.6 is 0 Å². The van der Waals surface area contributed by atoms with Crippen LogP contribution in [0, 0.1) is 0 Å². The van der Waals surface area contributed by atoms with Gasteiger partial charge >= 0.3 is 18.1 Å². The molecule has 1 aromatic rings. The molecule has 0 saturated carbocycles. The number of carboxylic acid groups (broad SMARTS) is 1. The first-order valence-electron chi connectivity index (χ1n) is 3.93. The van der Waals surface area contributed by atoms with Crippen LogP contribution < -0.4 is 4.74 Å². The van der Waals surface area contributed by atoms with Gasteiger partial charge in [-0.1, -0.05) is 12.1 Å². The van der Waals surface area contributed by atoms with Crippen molar-refractivity contribution in [3.05, 3.63) is 29.8 Å². The summed E-state index contributed by atoms with van der Waals surface area (Å²) in [5, 5.41) is 8.18. The van der Waals surface area contributed by atoms with Gasteiger partial charge in [0.15, 0.2) is 0 Å². The topological polar surface area (TPSA) is 63.6 Å². The average Bonchev–Trinajstić information content (AvgIpc) is 2.16. The van der Waals surface area contributed by atoms with E-state index in [0.717, 1.165) is 12.1 Å². The number of hydrogen-bond donors (Lipinski definition) is 1. The minimum atomic E-state index is -4.71. The largest absolute Gasteiger partial charge is 0.473 e. The van der Waals surface area contributed by atoms with Gasteiger partial charge in [0.1, 0.15) is 5.75 Å². The van der Waals surface area contributed by atoms with Gasteiger partial charge in [-0.05, 0) is 12.1 Å². The van der Waals surface area contributed by atoms with E-state index in [9.17, 15) is 22.8 Å². The molecule has 0 saturated heterocycles. The molecule has 0 fully saturated rings. The normalized spacial score (nSPS) is 10.9. The predicted molar refractivity (Wildman–Crippen MR) is 44.7 cm³/mol. The molecule has 1 aromatic carbocycles. The highest BCUT2D eigenvalue weighted by Crippen LogP contribution is 2.35. The predicted octanol–water partition coefficient (Wildman–Crippen LogP) is 1.70. The van der Waals surface area contributed by atoms with Gasteiger partial charge < -0.3 is 9.84 Å². The number of halogens is 3. The first-order chi connectivity index (χ1) is 7.32. The van der Waals surface area contributed by atoms with E-state index in [1.54, 1.807) is 0 Å². The maximum Gasteiger partial charge on any atom is 0.422 e. The molecule has 0 unspecified atom stereocenters. The number of rotatable bonds is 1. The van der Waals surface area contributed by atoms with Crippen molar-refractivity contribution in [3.63, 3.8) is 0 Å². The van der Waals surface area contributed by atoms with Crippen LogP contribution in [0.1, 0.15) is 5.56 Å². The minimum absolute atomic E-state index is 0.685. The Morgan fingerprint density at radius 2 is 1.75 bits per heavy atom. The molecule has 1 N–H and O–H groups in total. The molecule has 1 rings (SSSR count). The van der Waals surface area contributed by atoms with Crippen molar-refractivity contribution in [2.24, 2.45) is 0 Å². The average molecular weight is 234 g/mol. The highest BCUT2D eigenvalue weighted by atomic mass is 19.4. The third kappa shape index (κ3) is 2.72. The van der Waals surface area contributed by atoms with E-state index in [0.29, 0.717) is 6.07 Å². The molecule has 0 aromatic heterocycles. The van der Waals surface area contributed by atoms with Crippen LogP contribution in [0.15, 0.2) is 24.3 Å². The second-order valence-electron chi connectivity index (χ2n) is 2.69. The molecule has 0 atom stereocenters. The molecule has 0 heterocycles. The zero-order valence-electron chi connectivity index (χ0n) is 7.62. The second kappa shape index (κ2) is 4.21. The molecule has 0 aliphatic heterocycles. The Labute approximate surface area is 87.3 Å². The lowest BCUT2D eigenvalue weighted by molar-refractivity contribution is -0.159. The Kier molecular flexibility index (Phi) is 3.17. The molecule has 0 spiro atoms. The molecule has 0 aliphatic rings. The van der Waals surface area contributed by atoms with Gasteiger partial charge in [0, 0.05) is 0 Å². The van der Waals surface area contributed by atoms with Crippen LogP contribution in [0.5, 0.6) is 5.75 Å². The van der Waals surface area contributed by atoms with Crippen molar-refractivity contribution in [1.29, 1.82) is 0 Å². The number of ether oxygens (including phenoxy) is 1. The van der Waals surface area contributed by atoms with Gasteiger partial charge in [0.2, 0.25) is 0 Å². The Morgan fingerprint density at radius 1 is 1.19 bits per heavy atom. The van der Waals surface area contributed by atoms with Crippen molar-refractivity contribution < 1.29 is 32.6 Å². The quantitative estimate of drug-likeness (QED) is 0.456. The van der Waals surface area contributed by atoms with E-state index in [1.165, 1.54) is 6.07 Å². The summed E-state index contributed by atoms with van der Waals surface area (Å²) in [5.74, 6) is -4.56. The first-order valence-corrected chi connectivity index (χ1v) is 3.93. The van der Waals surface area contributed by atoms with E-state index in [-0.39, 0.29) is 0 Å². The summed E-state index contributed by atoms with van der Waals surface area (Å²) in [6.45, 7) is 0. The summed E-state index contributed by atoms with van der Waals surface area (Å²) in [6.07, 6.45) is -4.71. The van der Waals surface area contributed by atoms with E-state index in [4.69, 9.17) is 5.11 Å². The Balaban J connectivity index is 3.05. The van der Waals surface area contributed by atoms with Crippen LogP contribution in [0.3, 0.4) is 0 Å². The molecule has 16 heavy (non-hydrogen) atoms. The third-order valence-corrected chi connectivity index (χ3v) is 1.57. The van der Waals surface area contributed by atoms with Crippen molar-refractivity contribution in [3.8, 4) is 5.75 Å². The standard InChI is InChI=1S/C9H5F3O4/c10-9(11,12)5-3-1-2-4-6(5)16-8(15)7(13)14/h1-4H,(H,13,14). The van der Waals surface area contributed by atoms with Crippen molar-refractivity contribution in [2.45, 2.75) is 6.18 Å². The second-order valence-corrected chi connectivity index (χ2v) is 2.69. The molecule has 86 valence electrons. The van der Waals surface area contributed by atoms with Gasteiger partial charge in [0.05, 0.1) is 5.56 Å². The molecule has 7 heteroatoms. The van der Waals surface area contributed by atoms with Crippen molar-refractivity contribution in [1.82, 2.24) is 0 Å². The van der Waals surface area contributed by atoms with Crippen LogP contribution in [0.25, 0.3) is 0 Å². The minimum Gasteiger partial charge on any atom is -0.473 e. The van der Waals surface area contributed by atoms with Gasteiger partial charge in [-0.3, -0.25) is 0 Å². The lowest BCUT2D eigenvalue weighted by Crippen LogP contribution is -2.21. The summed E-state index contributed by atoms with van der Waals surface area (Å²) < 4.78 is 41.2. The highest BCUT2D eigenvalue weighted by Gasteiger charge is 2.35. The molecule has 0 amide bonds. The Morgan fingerprint density at radius 3 is 2.25 bits per heavy atom. The maximum atomic E-state index is 12.4. The van der Waals surface area contributed by atoms with Gasteiger partial charge in [-0.25, -0.2) is 9.59 Å². The lowest BCUT2D eigenvalue weighted by atomic mass is 10.2. The number of para-hydroxylation sites is 1. The molecule has 0 radical (unpaired) electrons. The zero-order chi connectivity index (χ0) is 12.3. The summed E-state index contributed by atoms with van der Waals surface area (Å²) in [7, 11) is 0. The fourth-order valence-corrected chi connectivity index (χ4v) is 0.933. The number of alkyl halides is 3. The van der Waals surface area contributed by atoms with Crippen molar-refractivity contribution in [2.75, 3.05) is 0 Å². The van der Waals surface area contributed by atoms with Gasteiger partial charge in [-0.15, -0.1) is 0 Å². The fraction of sp³-hybridized carbons (Fsp3) is 0.111. The number of benzene rings is 1. The van der Waals surface area contributed by atoms with E-state index in [2.05, 4.69) is 4.74 Å². The summed E-state index contributed by atoms with van der Waals surface area (Å²) in [6, 6.07) is 3.84. The van der Waals surface area contributed by atoms with Gasteiger partial charge in [0.25, 0.3) is 0 Å². The SMILES string of the molecule is O=C(O)C(=O)Oc1ccccc1C(F)(F)F. The molecule has 4 nitrogen and oxygen atoms in total. The monoisotopic (exact) mass is 234 g/mol. The number of hydrogen-bond acceptors (Lipinski definition) is 3. The fourth-order valence-electron chi connectivity index (χ4n) is 0.933. The first kappa shape index (κ1) is 12.0. The van der Waals surface area contributed by atoms with E-state index < -0.39 is 29.4 Å². The smallest absolute Gasteiger partial charge is 0.422 e. The Hall–Kier alpha value is -2.05. The van der Waals surface area contributed by atoms with E-state index in [1.807, 2.05) is 0 Å². The number of carbonyl (C=O) groups is 2. The van der Waals surface area contributed by atoms with Crippen LogP contribution in [-0.4, -0.2) is 17.0 Å². The van der Waals surface area contributed by atoms with Crippen LogP contribution in [0.4, 0.5) is 13.2 Å². The molecule has 0 aliphatic carbocycles. The van der Waals surface area contributed by atoms with E-state index >= 15 is 0 Å². The number of carboxylic acids is 1. The summed E-state index contributed by atoms with van der Waals surface area (Å²) in [4.78, 5) is 20.7. The zero-order valence-corrected chi connectivity index (χ0v) is 7.62. The molecule has 0 bridgehead atoms. The number of esters is 1. The lowest BCUT2D eigenvalue weighted by Gasteiger charge is -2.10. The molecular formula is C9H5F3O4. The van der Waals surface area contributed by atoms with Crippen LogP contribution in [0.2, 0.25) is 0 Å². The number of aliphatic carboxylic acids is 1. The maximum absolute atomic E-state index is 12.4. The van der Waals surface area contributed by atoms with Crippen molar-refractivity contribution >= 4 is 11.9 Å². The van der Waals surface area contributed by atoms with Crippen LogP contribution in [-0.2, 0) is 15.8 Å². The summed E-state index contributed by atoms with van der Waals surface area (Å²) in [5.41, 5.74) is -1.20.